The van der Waals surface area contributed by atoms with Crippen LogP contribution in [0.5, 0.6) is 0 Å². The summed E-state index contributed by atoms with van der Waals surface area (Å²) in [6.07, 6.45) is 2.95. The lowest BCUT2D eigenvalue weighted by atomic mass is 10.0. The number of amides is 1. The molecule has 3 aromatic rings. The van der Waals surface area contributed by atoms with Gasteiger partial charge in [0.15, 0.2) is 0 Å². The molecule has 0 saturated carbocycles. The molecule has 142 valence electrons. The van der Waals surface area contributed by atoms with Crippen LogP contribution in [0.4, 0.5) is 0 Å². The summed E-state index contributed by atoms with van der Waals surface area (Å²) in [4.78, 5) is 20.1. The Bertz CT molecular complexity index is 918. The van der Waals surface area contributed by atoms with Crippen LogP contribution in [0.3, 0.4) is 0 Å². The van der Waals surface area contributed by atoms with Crippen LogP contribution in [0, 0.1) is 6.92 Å². The van der Waals surface area contributed by atoms with E-state index in [-0.39, 0.29) is 11.9 Å². The predicted molar refractivity (Wildman–Crippen MR) is 108 cm³/mol. The monoisotopic (exact) mass is 365 g/mol. The van der Waals surface area contributed by atoms with Gasteiger partial charge in [-0.05, 0) is 32.8 Å². The highest BCUT2D eigenvalue weighted by Gasteiger charge is 2.25. The normalized spacial score (nSPS) is 12.3. The Morgan fingerprint density at radius 2 is 1.96 bits per heavy atom. The number of nitrogens with zero attached hydrogens (tertiary/aromatic N) is 3. The summed E-state index contributed by atoms with van der Waals surface area (Å²) in [5.74, 6) is 0.0219. The minimum absolute atomic E-state index is 0.0219. The summed E-state index contributed by atoms with van der Waals surface area (Å²) in [6.45, 7) is 8.95. The first-order valence-electron chi connectivity index (χ1n) is 9.70. The van der Waals surface area contributed by atoms with Crippen LogP contribution >= 0.6 is 0 Å². The maximum Gasteiger partial charge on any atom is 0.259 e. The van der Waals surface area contributed by atoms with E-state index in [1.807, 2.05) is 48.2 Å². The molecule has 0 radical (unpaired) electrons. The smallest absolute Gasteiger partial charge is 0.259 e. The zero-order valence-electron chi connectivity index (χ0n) is 16.5. The van der Waals surface area contributed by atoms with Crippen LogP contribution in [-0.2, 0) is 0 Å². The molecule has 1 aromatic carbocycles. The molecule has 1 amide bonds. The van der Waals surface area contributed by atoms with Gasteiger partial charge in [-0.15, -0.1) is 0 Å². The second-order valence-corrected chi connectivity index (χ2v) is 6.98. The number of aryl methyl sites for hydroxylation is 1. The van der Waals surface area contributed by atoms with Crippen molar-refractivity contribution in [1.82, 2.24) is 15.0 Å². The number of aromatic nitrogens is 2. The van der Waals surface area contributed by atoms with Gasteiger partial charge in [-0.25, -0.2) is 4.98 Å². The van der Waals surface area contributed by atoms with Crippen LogP contribution in [0.15, 0.2) is 40.9 Å². The molecule has 2 heterocycles. The van der Waals surface area contributed by atoms with Crippen molar-refractivity contribution >= 4 is 17.0 Å². The SMILES string of the molecule is CCCCN(C(=O)c1cc(-c2ccccc2)nc2onc(C)c12)C(C)CC. The number of hydrogen-bond donors (Lipinski definition) is 0. The summed E-state index contributed by atoms with van der Waals surface area (Å²) < 4.78 is 5.42. The molecule has 27 heavy (non-hydrogen) atoms. The number of carbonyl (C=O) groups is 1. The molecule has 1 unspecified atom stereocenters. The number of carbonyl (C=O) groups excluding carboxylic acids is 1. The summed E-state index contributed by atoms with van der Waals surface area (Å²) in [6, 6.07) is 11.9. The Balaban J connectivity index is 2.13. The van der Waals surface area contributed by atoms with Crippen molar-refractivity contribution in [3.8, 4) is 11.3 Å². The second kappa shape index (κ2) is 8.33. The van der Waals surface area contributed by atoms with Crippen molar-refractivity contribution in [2.75, 3.05) is 6.54 Å². The van der Waals surface area contributed by atoms with Gasteiger partial charge in [0.1, 0.15) is 0 Å². The topological polar surface area (TPSA) is 59.2 Å². The molecule has 0 aliphatic carbocycles. The number of fused-ring (bicyclic) bond motifs is 1. The molecule has 5 nitrogen and oxygen atoms in total. The lowest BCUT2D eigenvalue weighted by Crippen LogP contribution is -2.39. The molecule has 0 bridgehead atoms. The molecule has 3 rings (SSSR count). The maximum atomic E-state index is 13.5. The number of pyridine rings is 1. The highest BCUT2D eigenvalue weighted by molar-refractivity contribution is 6.07. The number of benzene rings is 1. The minimum atomic E-state index is 0.0219. The van der Waals surface area contributed by atoms with Crippen molar-refractivity contribution in [1.29, 1.82) is 0 Å². The van der Waals surface area contributed by atoms with E-state index >= 15 is 0 Å². The Morgan fingerprint density at radius 1 is 1.22 bits per heavy atom. The van der Waals surface area contributed by atoms with E-state index in [2.05, 4.69) is 30.9 Å². The molecule has 5 heteroatoms. The predicted octanol–water partition coefficient (Wildman–Crippen LogP) is 5.24. The summed E-state index contributed by atoms with van der Waals surface area (Å²) in [5, 5.41) is 4.76. The highest BCUT2D eigenvalue weighted by Crippen LogP contribution is 2.28. The highest BCUT2D eigenvalue weighted by atomic mass is 16.5. The van der Waals surface area contributed by atoms with Gasteiger partial charge in [0.05, 0.1) is 22.3 Å². The standard InChI is InChI=1S/C22H27N3O2/c1-5-7-13-25(15(3)6-2)22(26)18-14-19(17-11-9-8-10-12-17)23-21-20(18)16(4)24-27-21/h8-12,14-15H,5-7,13H2,1-4H3. The summed E-state index contributed by atoms with van der Waals surface area (Å²) in [7, 11) is 0. The average molecular weight is 365 g/mol. The molecular formula is C22H27N3O2. The van der Waals surface area contributed by atoms with E-state index in [9.17, 15) is 4.79 Å². The van der Waals surface area contributed by atoms with Crippen LogP contribution in [0.2, 0.25) is 0 Å². The quantitative estimate of drug-likeness (QED) is 0.574. The lowest BCUT2D eigenvalue weighted by molar-refractivity contribution is 0.0687. The van der Waals surface area contributed by atoms with Gasteiger partial charge in [-0.1, -0.05) is 55.8 Å². The average Bonchev–Trinajstić information content (AvgIpc) is 3.08. The fourth-order valence-corrected chi connectivity index (χ4v) is 3.25. The summed E-state index contributed by atoms with van der Waals surface area (Å²) >= 11 is 0. The Morgan fingerprint density at radius 3 is 2.63 bits per heavy atom. The minimum Gasteiger partial charge on any atom is -0.336 e. The number of unbranched alkanes of at least 4 members (excludes halogenated alkanes) is 1. The fourth-order valence-electron chi connectivity index (χ4n) is 3.25. The third-order valence-corrected chi connectivity index (χ3v) is 5.05. The van der Waals surface area contributed by atoms with E-state index in [1.54, 1.807) is 0 Å². The van der Waals surface area contributed by atoms with E-state index in [4.69, 9.17) is 4.52 Å². The van der Waals surface area contributed by atoms with Gasteiger partial charge in [-0.2, -0.15) is 0 Å². The van der Waals surface area contributed by atoms with E-state index in [0.29, 0.717) is 22.4 Å². The van der Waals surface area contributed by atoms with Crippen molar-refractivity contribution < 1.29 is 9.32 Å². The zero-order valence-corrected chi connectivity index (χ0v) is 16.5. The van der Waals surface area contributed by atoms with Gasteiger partial charge in [0.2, 0.25) is 0 Å². The van der Waals surface area contributed by atoms with Gasteiger partial charge in [-0.3, -0.25) is 4.79 Å². The lowest BCUT2D eigenvalue weighted by Gasteiger charge is -2.29. The van der Waals surface area contributed by atoms with Crippen LogP contribution < -0.4 is 0 Å². The number of rotatable bonds is 7. The Hall–Kier alpha value is -2.69. The zero-order chi connectivity index (χ0) is 19.4. The fraction of sp³-hybridized carbons (Fsp3) is 0.409. The third-order valence-electron chi connectivity index (χ3n) is 5.05. The van der Waals surface area contributed by atoms with E-state index in [0.717, 1.165) is 37.1 Å². The molecule has 0 saturated heterocycles. The summed E-state index contributed by atoms with van der Waals surface area (Å²) in [5.41, 5.74) is 3.40. The van der Waals surface area contributed by atoms with E-state index < -0.39 is 0 Å². The molecule has 0 spiro atoms. The van der Waals surface area contributed by atoms with Gasteiger partial charge < -0.3 is 9.42 Å². The van der Waals surface area contributed by atoms with Crippen LogP contribution in [0.25, 0.3) is 22.4 Å². The van der Waals surface area contributed by atoms with Gasteiger partial charge in [0.25, 0.3) is 11.6 Å². The molecule has 0 fully saturated rings. The van der Waals surface area contributed by atoms with Crippen molar-refractivity contribution in [3.63, 3.8) is 0 Å². The largest absolute Gasteiger partial charge is 0.336 e. The van der Waals surface area contributed by atoms with Crippen molar-refractivity contribution in [3.05, 3.63) is 47.7 Å². The van der Waals surface area contributed by atoms with Crippen molar-refractivity contribution in [2.45, 2.75) is 53.0 Å². The van der Waals surface area contributed by atoms with Crippen LogP contribution in [-0.4, -0.2) is 33.5 Å². The third kappa shape index (κ3) is 3.87. The molecule has 0 N–H and O–H groups in total. The molecule has 0 aliphatic heterocycles. The Labute approximate surface area is 160 Å². The van der Waals surface area contributed by atoms with Crippen molar-refractivity contribution in [2.24, 2.45) is 0 Å². The van der Waals surface area contributed by atoms with E-state index in [1.165, 1.54) is 0 Å². The first kappa shape index (κ1) is 19.1. The first-order chi connectivity index (χ1) is 13.1. The first-order valence-corrected chi connectivity index (χ1v) is 9.70. The van der Waals surface area contributed by atoms with Crippen LogP contribution in [0.1, 0.15) is 56.1 Å². The molecule has 2 aromatic heterocycles. The van der Waals surface area contributed by atoms with Gasteiger partial charge >= 0.3 is 0 Å². The van der Waals surface area contributed by atoms with Gasteiger partial charge in [0, 0.05) is 18.2 Å². The second-order valence-electron chi connectivity index (χ2n) is 6.98. The molecular weight excluding hydrogens is 338 g/mol. The molecule has 0 aliphatic rings. The Kier molecular flexibility index (Phi) is 5.89. The number of hydrogen-bond acceptors (Lipinski definition) is 4. The maximum absolute atomic E-state index is 13.5. The molecule has 1 atom stereocenters.